The summed E-state index contributed by atoms with van der Waals surface area (Å²) in [5.74, 6) is 0.760. The summed E-state index contributed by atoms with van der Waals surface area (Å²) in [6.45, 7) is 3.58. The monoisotopic (exact) mass is 302 g/mol. The zero-order chi connectivity index (χ0) is 15.9. The molecule has 0 aliphatic carbocycles. The van der Waals surface area contributed by atoms with Crippen LogP contribution in [0.25, 0.3) is 11.4 Å². The summed E-state index contributed by atoms with van der Waals surface area (Å²) < 4.78 is 5.16. The molecule has 0 atom stereocenters. The Morgan fingerprint density at radius 3 is 2.82 bits per heavy atom. The van der Waals surface area contributed by atoms with E-state index >= 15 is 0 Å². The molecule has 6 nitrogen and oxygen atoms in total. The largest absolute Gasteiger partial charge is 0.356 e. The molecule has 1 aromatic heterocycles. The molecule has 1 aromatic carbocycles. The van der Waals surface area contributed by atoms with Gasteiger partial charge in [0.05, 0.1) is 0 Å². The standard InChI is InChI=1S/C16H22N4O2/c1-12-7-4-5-8-13(12)16-18-15(22-19-16)11-14(21)17-9-6-10-20(2)3/h4-5,7-8H,6,9-11H2,1-3H3,(H,17,21). The number of rotatable bonds is 7. The minimum atomic E-state index is -0.0984. The van der Waals surface area contributed by atoms with E-state index in [1.54, 1.807) is 0 Å². The lowest BCUT2D eigenvalue weighted by molar-refractivity contribution is -0.120. The number of aromatic nitrogens is 2. The highest BCUT2D eigenvalue weighted by atomic mass is 16.5. The molecule has 0 fully saturated rings. The second kappa shape index (κ2) is 7.70. The first-order valence-electron chi connectivity index (χ1n) is 7.36. The molecule has 0 bridgehead atoms. The third kappa shape index (κ3) is 4.66. The van der Waals surface area contributed by atoms with Crippen molar-refractivity contribution in [2.75, 3.05) is 27.2 Å². The van der Waals surface area contributed by atoms with Gasteiger partial charge in [-0.05, 0) is 39.5 Å². The first-order chi connectivity index (χ1) is 10.6. The van der Waals surface area contributed by atoms with Gasteiger partial charge in [0.25, 0.3) is 0 Å². The maximum absolute atomic E-state index is 11.8. The smallest absolute Gasteiger partial charge is 0.236 e. The van der Waals surface area contributed by atoms with Gasteiger partial charge < -0.3 is 14.7 Å². The molecule has 0 aliphatic heterocycles. The Kier molecular flexibility index (Phi) is 5.66. The van der Waals surface area contributed by atoms with Gasteiger partial charge in [0, 0.05) is 12.1 Å². The SMILES string of the molecule is Cc1ccccc1-c1noc(CC(=O)NCCCN(C)C)n1. The van der Waals surface area contributed by atoms with Crippen molar-refractivity contribution in [2.24, 2.45) is 0 Å². The van der Waals surface area contributed by atoms with Gasteiger partial charge in [0.1, 0.15) is 6.42 Å². The van der Waals surface area contributed by atoms with E-state index in [0.29, 0.717) is 18.3 Å². The fourth-order valence-electron chi connectivity index (χ4n) is 2.08. The Balaban J connectivity index is 1.87. The number of hydrogen-bond donors (Lipinski definition) is 1. The molecule has 0 saturated heterocycles. The van der Waals surface area contributed by atoms with Crippen molar-refractivity contribution in [2.45, 2.75) is 19.8 Å². The van der Waals surface area contributed by atoms with E-state index in [-0.39, 0.29) is 12.3 Å². The van der Waals surface area contributed by atoms with Gasteiger partial charge in [-0.3, -0.25) is 4.79 Å². The van der Waals surface area contributed by atoms with Crippen LogP contribution in [0.15, 0.2) is 28.8 Å². The van der Waals surface area contributed by atoms with E-state index in [2.05, 4.69) is 20.4 Å². The minimum absolute atomic E-state index is 0.0984. The molecule has 0 aliphatic rings. The summed E-state index contributed by atoms with van der Waals surface area (Å²) in [6.07, 6.45) is 1.03. The van der Waals surface area contributed by atoms with E-state index in [0.717, 1.165) is 24.1 Å². The third-order valence-electron chi connectivity index (χ3n) is 3.27. The highest BCUT2D eigenvalue weighted by Crippen LogP contribution is 2.19. The highest BCUT2D eigenvalue weighted by Gasteiger charge is 2.13. The second-order valence-electron chi connectivity index (χ2n) is 5.51. The zero-order valence-electron chi connectivity index (χ0n) is 13.3. The zero-order valence-corrected chi connectivity index (χ0v) is 13.3. The summed E-state index contributed by atoms with van der Waals surface area (Å²) in [5.41, 5.74) is 1.99. The molecule has 0 radical (unpaired) electrons. The number of aryl methyl sites for hydroxylation is 1. The maximum Gasteiger partial charge on any atom is 0.236 e. The van der Waals surface area contributed by atoms with Crippen LogP contribution < -0.4 is 5.32 Å². The van der Waals surface area contributed by atoms with E-state index in [1.165, 1.54) is 0 Å². The average Bonchev–Trinajstić information content (AvgIpc) is 2.92. The van der Waals surface area contributed by atoms with Crippen LogP contribution in [0.3, 0.4) is 0 Å². The maximum atomic E-state index is 11.8. The molecular weight excluding hydrogens is 280 g/mol. The Hall–Kier alpha value is -2.21. The van der Waals surface area contributed by atoms with Crippen LogP contribution in [-0.4, -0.2) is 48.1 Å². The lowest BCUT2D eigenvalue weighted by Gasteiger charge is -2.09. The quantitative estimate of drug-likeness (QED) is 0.788. The molecule has 0 unspecified atom stereocenters. The summed E-state index contributed by atoms with van der Waals surface area (Å²) in [4.78, 5) is 18.2. The van der Waals surface area contributed by atoms with Gasteiger partial charge in [0.15, 0.2) is 0 Å². The van der Waals surface area contributed by atoms with Crippen LogP contribution in [0.1, 0.15) is 17.9 Å². The van der Waals surface area contributed by atoms with E-state index < -0.39 is 0 Å². The summed E-state index contributed by atoms with van der Waals surface area (Å²) in [6, 6.07) is 7.81. The van der Waals surface area contributed by atoms with Crippen LogP contribution in [0.5, 0.6) is 0 Å². The van der Waals surface area contributed by atoms with Crippen LogP contribution >= 0.6 is 0 Å². The van der Waals surface area contributed by atoms with E-state index in [4.69, 9.17) is 4.52 Å². The van der Waals surface area contributed by atoms with Gasteiger partial charge in [0.2, 0.25) is 17.6 Å². The number of carbonyl (C=O) groups excluding carboxylic acids is 1. The second-order valence-corrected chi connectivity index (χ2v) is 5.51. The number of carbonyl (C=O) groups is 1. The molecule has 1 N–H and O–H groups in total. The molecule has 2 aromatic rings. The van der Waals surface area contributed by atoms with Crippen molar-refractivity contribution in [1.29, 1.82) is 0 Å². The highest BCUT2D eigenvalue weighted by molar-refractivity contribution is 5.77. The minimum Gasteiger partial charge on any atom is -0.356 e. The first-order valence-corrected chi connectivity index (χ1v) is 7.36. The van der Waals surface area contributed by atoms with Gasteiger partial charge in [-0.1, -0.05) is 29.4 Å². The van der Waals surface area contributed by atoms with Crippen LogP contribution in [-0.2, 0) is 11.2 Å². The van der Waals surface area contributed by atoms with Crippen molar-refractivity contribution in [3.05, 3.63) is 35.7 Å². The van der Waals surface area contributed by atoms with Crippen LogP contribution in [0.2, 0.25) is 0 Å². The van der Waals surface area contributed by atoms with E-state index in [9.17, 15) is 4.79 Å². The van der Waals surface area contributed by atoms with Crippen molar-refractivity contribution >= 4 is 5.91 Å². The molecule has 22 heavy (non-hydrogen) atoms. The van der Waals surface area contributed by atoms with Crippen LogP contribution in [0, 0.1) is 6.92 Å². The van der Waals surface area contributed by atoms with Gasteiger partial charge in [-0.25, -0.2) is 0 Å². The van der Waals surface area contributed by atoms with Gasteiger partial charge in [-0.15, -0.1) is 0 Å². The molecule has 118 valence electrons. The molecule has 6 heteroatoms. The molecule has 1 heterocycles. The van der Waals surface area contributed by atoms with Gasteiger partial charge >= 0.3 is 0 Å². The predicted molar refractivity (Wildman–Crippen MR) is 84.4 cm³/mol. The third-order valence-corrected chi connectivity index (χ3v) is 3.27. The molecule has 0 spiro atoms. The average molecular weight is 302 g/mol. The number of nitrogens with zero attached hydrogens (tertiary/aromatic N) is 3. The number of benzene rings is 1. The molecular formula is C16H22N4O2. The number of hydrogen-bond acceptors (Lipinski definition) is 5. The summed E-state index contributed by atoms with van der Waals surface area (Å²) in [5, 5.41) is 6.80. The van der Waals surface area contributed by atoms with Crippen LogP contribution in [0.4, 0.5) is 0 Å². The fraction of sp³-hybridized carbons (Fsp3) is 0.438. The van der Waals surface area contributed by atoms with Gasteiger partial charge in [-0.2, -0.15) is 4.98 Å². The van der Waals surface area contributed by atoms with E-state index in [1.807, 2.05) is 45.3 Å². The summed E-state index contributed by atoms with van der Waals surface area (Å²) in [7, 11) is 4.01. The first kappa shape index (κ1) is 16.2. The summed E-state index contributed by atoms with van der Waals surface area (Å²) >= 11 is 0. The Morgan fingerprint density at radius 2 is 2.09 bits per heavy atom. The Bertz CT molecular complexity index is 622. The number of amides is 1. The number of nitrogens with one attached hydrogen (secondary N) is 1. The topological polar surface area (TPSA) is 71.3 Å². The lowest BCUT2D eigenvalue weighted by Crippen LogP contribution is -2.28. The molecule has 2 rings (SSSR count). The molecule has 1 amide bonds. The predicted octanol–water partition coefficient (Wildman–Crippen LogP) is 1.66. The molecule has 0 saturated carbocycles. The van der Waals surface area contributed by atoms with Crippen molar-refractivity contribution in [3.63, 3.8) is 0 Å². The fourth-order valence-corrected chi connectivity index (χ4v) is 2.08. The lowest BCUT2D eigenvalue weighted by atomic mass is 10.1. The van der Waals surface area contributed by atoms with Crippen molar-refractivity contribution in [1.82, 2.24) is 20.4 Å². The van der Waals surface area contributed by atoms with Crippen molar-refractivity contribution in [3.8, 4) is 11.4 Å². The normalized spacial score (nSPS) is 10.9. The van der Waals surface area contributed by atoms with Crippen molar-refractivity contribution < 1.29 is 9.32 Å². The Labute approximate surface area is 130 Å². The Morgan fingerprint density at radius 1 is 1.32 bits per heavy atom.